The third-order valence-corrected chi connectivity index (χ3v) is 3.59. The van der Waals surface area contributed by atoms with Gasteiger partial charge >= 0.3 is 11.9 Å². The fourth-order valence-electron chi connectivity index (χ4n) is 2.70. The third kappa shape index (κ3) is 2.80. The van der Waals surface area contributed by atoms with Crippen molar-refractivity contribution in [3.63, 3.8) is 0 Å². The maximum Gasteiger partial charge on any atom is 0.316 e. The van der Waals surface area contributed by atoms with Crippen molar-refractivity contribution >= 4 is 11.9 Å². The highest BCUT2D eigenvalue weighted by Crippen LogP contribution is 2.32. The number of carbonyl (C=O) groups is 2. The first-order valence-corrected chi connectivity index (χ1v) is 6.00. The minimum absolute atomic E-state index is 0.00852. The van der Waals surface area contributed by atoms with Crippen LogP contribution < -0.4 is 0 Å². The van der Waals surface area contributed by atoms with Crippen molar-refractivity contribution in [3.05, 3.63) is 0 Å². The van der Waals surface area contributed by atoms with E-state index in [0.29, 0.717) is 18.8 Å². The number of hydrogen-bond donors (Lipinski definition) is 0. The first kappa shape index (κ1) is 10.7. The molecule has 2 aliphatic rings. The second-order valence-corrected chi connectivity index (χ2v) is 4.77. The van der Waals surface area contributed by atoms with Gasteiger partial charge in [-0.05, 0) is 18.8 Å². The minimum atomic E-state index is -0.347. The second kappa shape index (κ2) is 4.77. The lowest BCUT2D eigenvalue weighted by Gasteiger charge is -2.26. The molecule has 2 rings (SSSR count). The molecule has 84 valence electrons. The molecular formula is C12H18O3. The van der Waals surface area contributed by atoms with Gasteiger partial charge in [-0.3, -0.25) is 9.59 Å². The van der Waals surface area contributed by atoms with E-state index in [4.69, 9.17) is 0 Å². The van der Waals surface area contributed by atoms with Crippen molar-refractivity contribution in [2.75, 3.05) is 0 Å². The molecule has 1 saturated heterocycles. The summed E-state index contributed by atoms with van der Waals surface area (Å²) in [4.78, 5) is 22.3. The summed E-state index contributed by atoms with van der Waals surface area (Å²) >= 11 is 0. The molecule has 1 unspecified atom stereocenters. The van der Waals surface area contributed by atoms with Gasteiger partial charge in [0.05, 0.1) is 5.92 Å². The Bertz CT molecular complexity index is 254. The predicted molar refractivity (Wildman–Crippen MR) is 55.0 cm³/mol. The molecule has 2 fully saturated rings. The minimum Gasteiger partial charge on any atom is -0.393 e. The topological polar surface area (TPSA) is 43.4 Å². The fourth-order valence-corrected chi connectivity index (χ4v) is 2.70. The van der Waals surface area contributed by atoms with E-state index in [1.54, 1.807) is 0 Å². The van der Waals surface area contributed by atoms with Crippen LogP contribution in [-0.4, -0.2) is 11.9 Å². The zero-order valence-electron chi connectivity index (χ0n) is 9.04. The first-order chi connectivity index (χ1) is 7.25. The van der Waals surface area contributed by atoms with E-state index >= 15 is 0 Å². The van der Waals surface area contributed by atoms with Crippen molar-refractivity contribution in [1.29, 1.82) is 0 Å². The Kier molecular flexibility index (Phi) is 3.39. The normalized spacial score (nSPS) is 28.9. The molecule has 1 aliphatic carbocycles. The molecule has 1 atom stereocenters. The molecule has 0 bridgehead atoms. The van der Waals surface area contributed by atoms with Gasteiger partial charge < -0.3 is 4.74 Å². The average Bonchev–Trinajstić information content (AvgIpc) is 2.24. The molecule has 0 aromatic rings. The van der Waals surface area contributed by atoms with Crippen molar-refractivity contribution in [1.82, 2.24) is 0 Å². The van der Waals surface area contributed by atoms with Crippen molar-refractivity contribution in [2.24, 2.45) is 11.8 Å². The maximum atomic E-state index is 11.4. The molecule has 1 heterocycles. The Hall–Kier alpha value is -0.860. The van der Waals surface area contributed by atoms with Crippen LogP contribution in [0.1, 0.15) is 51.4 Å². The molecular weight excluding hydrogens is 192 g/mol. The number of carbonyl (C=O) groups excluding carboxylic acids is 2. The van der Waals surface area contributed by atoms with Crippen LogP contribution in [0.3, 0.4) is 0 Å². The maximum absolute atomic E-state index is 11.4. The average molecular weight is 210 g/mol. The number of rotatable bonds is 2. The van der Waals surface area contributed by atoms with Gasteiger partial charge in [0.25, 0.3) is 0 Å². The summed E-state index contributed by atoms with van der Waals surface area (Å²) in [6.07, 6.45) is 8.49. The lowest BCUT2D eigenvalue weighted by atomic mass is 9.81. The summed E-state index contributed by atoms with van der Waals surface area (Å²) in [5.74, 6) is 0.0482. The highest BCUT2D eigenvalue weighted by molar-refractivity contribution is 5.89. The standard InChI is InChI=1S/C12H18O3/c13-11-7-6-10(12(14)15-11)8-9-4-2-1-3-5-9/h9-10H,1-8H2. The van der Waals surface area contributed by atoms with Crippen LogP contribution in [-0.2, 0) is 14.3 Å². The Morgan fingerprint density at radius 3 is 2.47 bits per heavy atom. The van der Waals surface area contributed by atoms with E-state index in [-0.39, 0.29) is 17.9 Å². The molecule has 0 aromatic heterocycles. The fraction of sp³-hybridized carbons (Fsp3) is 0.833. The number of ether oxygens (including phenoxy) is 1. The smallest absolute Gasteiger partial charge is 0.316 e. The van der Waals surface area contributed by atoms with Crippen molar-refractivity contribution < 1.29 is 14.3 Å². The second-order valence-electron chi connectivity index (χ2n) is 4.77. The van der Waals surface area contributed by atoms with E-state index in [9.17, 15) is 9.59 Å². The Balaban J connectivity index is 1.82. The van der Waals surface area contributed by atoms with Crippen LogP contribution in [0.25, 0.3) is 0 Å². The summed E-state index contributed by atoms with van der Waals surface area (Å²) in [6, 6.07) is 0. The molecule has 3 heteroatoms. The first-order valence-electron chi connectivity index (χ1n) is 6.00. The van der Waals surface area contributed by atoms with Crippen LogP contribution >= 0.6 is 0 Å². The van der Waals surface area contributed by atoms with Gasteiger partial charge in [0, 0.05) is 6.42 Å². The molecule has 0 spiro atoms. The van der Waals surface area contributed by atoms with Crippen molar-refractivity contribution in [2.45, 2.75) is 51.4 Å². The van der Waals surface area contributed by atoms with Crippen LogP contribution in [0.2, 0.25) is 0 Å². The van der Waals surface area contributed by atoms with Crippen LogP contribution in [0.4, 0.5) is 0 Å². The van der Waals surface area contributed by atoms with E-state index < -0.39 is 0 Å². The zero-order valence-corrected chi connectivity index (χ0v) is 9.04. The number of esters is 2. The third-order valence-electron chi connectivity index (χ3n) is 3.59. The van der Waals surface area contributed by atoms with E-state index in [2.05, 4.69) is 4.74 Å². The molecule has 15 heavy (non-hydrogen) atoms. The Morgan fingerprint density at radius 2 is 1.80 bits per heavy atom. The lowest BCUT2D eigenvalue weighted by molar-refractivity contribution is -0.168. The van der Waals surface area contributed by atoms with Gasteiger partial charge in [0.2, 0.25) is 0 Å². The van der Waals surface area contributed by atoms with Gasteiger partial charge in [-0.25, -0.2) is 0 Å². The van der Waals surface area contributed by atoms with Crippen LogP contribution in [0, 0.1) is 11.8 Å². The monoisotopic (exact) mass is 210 g/mol. The van der Waals surface area contributed by atoms with Gasteiger partial charge in [-0.1, -0.05) is 32.1 Å². The van der Waals surface area contributed by atoms with E-state index in [1.165, 1.54) is 32.1 Å². The highest BCUT2D eigenvalue weighted by Gasteiger charge is 2.31. The summed E-state index contributed by atoms with van der Waals surface area (Å²) in [6.45, 7) is 0. The molecule has 0 aromatic carbocycles. The van der Waals surface area contributed by atoms with E-state index in [0.717, 1.165) is 6.42 Å². The molecule has 1 saturated carbocycles. The summed E-state index contributed by atoms with van der Waals surface area (Å²) < 4.78 is 4.66. The quantitative estimate of drug-likeness (QED) is 0.519. The number of hydrogen-bond acceptors (Lipinski definition) is 3. The Labute approximate surface area is 90.2 Å². The van der Waals surface area contributed by atoms with Gasteiger partial charge in [0.1, 0.15) is 0 Å². The largest absolute Gasteiger partial charge is 0.393 e. The van der Waals surface area contributed by atoms with Crippen LogP contribution in [0.5, 0.6) is 0 Å². The van der Waals surface area contributed by atoms with Crippen LogP contribution in [0.15, 0.2) is 0 Å². The molecule has 0 amide bonds. The molecule has 0 radical (unpaired) electrons. The van der Waals surface area contributed by atoms with Gasteiger partial charge in [-0.2, -0.15) is 0 Å². The molecule has 1 aliphatic heterocycles. The lowest BCUT2D eigenvalue weighted by Crippen LogP contribution is -2.29. The van der Waals surface area contributed by atoms with Gasteiger partial charge in [0.15, 0.2) is 0 Å². The predicted octanol–water partition coefficient (Wildman–Crippen LogP) is 2.44. The zero-order chi connectivity index (χ0) is 10.7. The molecule has 0 N–H and O–H groups in total. The highest BCUT2D eigenvalue weighted by atomic mass is 16.6. The van der Waals surface area contributed by atoms with E-state index in [1.807, 2.05) is 0 Å². The molecule has 3 nitrogen and oxygen atoms in total. The Morgan fingerprint density at radius 1 is 1.07 bits per heavy atom. The summed E-state index contributed by atoms with van der Waals surface area (Å²) in [7, 11) is 0. The summed E-state index contributed by atoms with van der Waals surface area (Å²) in [5.41, 5.74) is 0. The van der Waals surface area contributed by atoms with Gasteiger partial charge in [-0.15, -0.1) is 0 Å². The SMILES string of the molecule is O=C1CCC(CC2CCCCC2)C(=O)O1. The number of cyclic esters (lactones) is 2. The summed E-state index contributed by atoms with van der Waals surface area (Å²) in [5, 5.41) is 0. The van der Waals surface area contributed by atoms with Crippen molar-refractivity contribution in [3.8, 4) is 0 Å².